The zero-order chi connectivity index (χ0) is 8.81. The van der Waals surface area contributed by atoms with Crippen LogP contribution in [0.5, 0.6) is 5.75 Å². The van der Waals surface area contributed by atoms with Gasteiger partial charge >= 0.3 is 6.16 Å². The van der Waals surface area contributed by atoms with Crippen molar-refractivity contribution in [1.29, 1.82) is 0 Å². The molecular weight excluding hydrogens is 271 g/mol. The van der Waals surface area contributed by atoms with Gasteiger partial charge < -0.3 is 9.47 Å². The Balaban J connectivity index is 2.47. The van der Waals surface area contributed by atoms with Crippen LogP contribution in [0.25, 0.3) is 0 Å². The summed E-state index contributed by atoms with van der Waals surface area (Å²) < 4.78 is 9.66. The SMILES string of the molecule is O=C(OCI)Oc1ccccc1. The van der Waals surface area contributed by atoms with E-state index in [9.17, 15) is 4.79 Å². The zero-order valence-electron chi connectivity index (χ0n) is 6.20. The lowest BCUT2D eigenvalue weighted by Crippen LogP contribution is -2.08. The third-order valence-corrected chi connectivity index (χ3v) is 1.43. The highest BCUT2D eigenvalue weighted by atomic mass is 127. The van der Waals surface area contributed by atoms with Crippen LogP contribution in [0, 0.1) is 0 Å². The molecule has 1 aromatic carbocycles. The van der Waals surface area contributed by atoms with Crippen molar-refractivity contribution in [2.24, 2.45) is 0 Å². The van der Waals surface area contributed by atoms with Crippen molar-refractivity contribution < 1.29 is 14.3 Å². The Morgan fingerprint density at radius 1 is 1.33 bits per heavy atom. The second kappa shape index (κ2) is 4.97. The number of halogens is 1. The fourth-order valence-corrected chi connectivity index (χ4v) is 0.913. The molecule has 0 atom stereocenters. The van der Waals surface area contributed by atoms with Gasteiger partial charge in [0.15, 0.2) is 0 Å². The van der Waals surface area contributed by atoms with Gasteiger partial charge in [0.25, 0.3) is 0 Å². The molecule has 0 aliphatic carbocycles. The molecule has 0 aliphatic rings. The summed E-state index contributed by atoms with van der Waals surface area (Å²) in [4.78, 5) is 10.8. The molecule has 0 amide bonds. The molecule has 1 aromatic rings. The third kappa shape index (κ3) is 3.08. The number of alkyl halides is 1. The van der Waals surface area contributed by atoms with Gasteiger partial charge in [-0.25, -0.2) is 4.79 Å². The summed E-state index contributed by atoms with van der Waals surface area (Å²) in [6, 6.07) is 8.79. The van der Waals surface area contributed by atoms with Gasteiger partial charge in [0.1, 0.15) is 10.4 Å². The van der Waals surface area contributed by atoms with E-state index in [1.165, 1.54) is 0 Å². The zero-order valence-corrected chi connectivity index (χ0v) is 8.35. The quantitative estimate of drug-likeness (QED) is 0.361. The first-order valence-corrected chi connectivity index (χ1v) is 4.81. The largest absolute Gasteiger partial charge is 0.514 e. The van der Waals surface area contributed by atoms with E-state index in [2.05, 4.69) is 4.74 Å². The van der Waals surface area contributed by atoms with Crippen LogP contribution in [-0.2, 0) is 4.74 Å². The predicted molar refractivity (Wildman–Crippen MR) is 52.4 cm³/mol. The van der Waals surface area contributed by atoms with Crippen LogP contribution in [0.4, 0.5) is 4.79 Å². The summed E-state index contributed by atoms with van der Waals surface area (Å²) in [5, 5.41) is 0. The van der Waals surface area contributed by atoms with Crippen molar-refractivity contribution in [3.8, 4) is 5.75 Å². The van der Waals surface area contributed by atoms with Crippen LogP contribution in [0.2, 0.25) is 0 Å². The Bertz CT molecular complexity index is 248. The van der Waals surface area contributed by atoms with Crippen molar-refractivity contribution >= 4 is 28.7 Å². The second-order valence-electron chi connectivity index (χ2n) is 1.92. The number of carbonyl (C=O) groups excluding carboxylic acids is 1. The average molecular weight is 278 g/mol. The van der Waals surface area contributed by atoms with Gasteiger partial charge in [-0.3, -0.25) is 0 Å². The molecule has 3 nitrogen and oxygen atoms in total. The average Bonchev–Trinajstić information content (AvgIpc) is 2.06. The molecule has 0 aromatic heterocycles. The summed E-state index contributed by atoms with van der Waals surface area (Å²) in [6.07, 6.45) is -0.671. The number of hydrogen-bond acceptors (Lipinski definition) is 3. The summed E-state index contributed by atoms with van der Waals surface area (Å²) in [6.45, 7) is 0. The fourth-order valence-electron chi connectivity index (χ4n) is 0.659. The van der Waals surface area contributed by atoms with Crippen LogP contribution in [0.15, 0.2) is 30.3 Å². The van der Waals surface area contributed by atoms with Gasteiger partial charge in [-0.2, -0.15) is 0 Å². The molecule has 12 heavy (non-hydrogen) atoms. The first-order chi connectivity index (χ1) is 5.83. The van der Waals surface area contributed by atoms with Gasteiger partial charge in [-0.05, 0) is 34.7 Å². The Morgan fingerprint density at radius 3 is 2.58 bits per heavy atom. The van der Waals surface area contributed by atoms with Crippen molar-refractivity contribution in [2.45, 2.75) is 0 Å². The van der Waals surface area contributed by atoms with Gasteiger partial charge in [-0.1, -0.05) is 18.2 Å². The molecule has 4 heteroatoms. The van der Waals surface area contributed by atoms with Crippen molar-refractivity contribution in [3.63, 3.8) is 0 Å². The van der Waals surface area contributed by atoms with Crippen LogP contribution >= 0.6 is 22.6 Å². The molecule has 0 N–H and O–H groups in total. The molecule has 0 bridgehead atoms. The molecule has 1 rings (SSSR count). The van der Waals surface area contributed by atoms with Crippen molar-refractivity contribution in [2.75, 3.05) is 4.61 Å². The van der Waals surface area contributed by atoms with Crippen LogP contribution < -0.4 is 4.74 Å². The summed E-state index contributed by atoms with van der Waals surface area (Å²) in [5.74, 6) is 0.493. The lowest BCUT2D eigenvalue weighted by molar-refractivity contribution is 0.119. The second-order valence-corrected chi connectivity index (χ2v) is 2.54. The number of rotatable bonds is 2. The minimum Gasteiger partial charge on any atom is -0.423 e. The highest BCUT2D eigenvalue weighted by Gasteiger charge is 2.02. The Kier molecular flexibility index (Phi) is 3.86. The molecule has 0 saturated heterocycles. The summed E-state index contributed by atoms with van der Waals surface area (Å²) in [5.41, 5.74) is 0. The number of carbonyl (C=O) groups is 1. The predicted octanol–water partition coefficient (Wildman–Crippen LogP) is 2.59. The molecule has 0 unspecified atom stereocenters. The van der Waals surface area contributed by atoms with Gasteiger partial charge in [-0.15, -0.1) is 0 Å². The molecular formula is C8H7IO3. The van der Waals surface area contributed by atoms with Crippen LogP contribution in [-0.4, -0.2) is 10.8 Å². The van der Waals surface area contributed by atoms with Crippen LogP contribution in [0.3, 0.4) is 0 Å². The van der Waals surface area contributed by atoms with E-state index < -0.39 is 6.16 Å². The van der Waals surface area contributed by atoms with Gasteiger partial charge in [0.05, 0.1) is 0 Å². The summed E-state index contributed by atoms with van der Waals surface area (Å²) >= 11 is 1.92. The lowest BCUT2D eigenvalue weighted by atomic mass is 10.3. The maximum atomic E-state index is 10.8. The Labute approximate surface area is 83.8 Å². The maximum Gasteiger partial charge on any atom is 0.514 e. The highest BCUT2D eigenvalue weighted by molar-refractivity contribution is 14.1. The molecule has 0 heterocycles. The number of para-hydroxylation sites is 1. The fraction of sp³-hybridized carbons (Fsp3) is 0.125. The molecule has 0 saturated carbocycles. The van der Waals surface area contributed by atoms with Crippen molar-refractivity contribution in [3.05, 3.63) is 30.3 Å². The summed E-state index contributed by atoms with van der Waals surface area (Å²) in [7, 11) is 0. The first kappa shape index (κ1) is 9.31. The first-order valence-electron chi connectivity index (χ1n) is 3.28. The molecule has 0 spiro atoms. The van der Waals surface area contributed by atoms with E-state index in [-0.39, 0.29) is 0 Å². The van der Waals surface area contributed by atoms with Crippen molar-refractivity contribution in [1.82, 2.24) is 0 Å². The number of hydrogen-bond donors (Lipinski definition) is 0. The molecule has 0 radical (unpaired) electrons. The van der Waals surface area contributed by atoms with Gasteiger partial charge in [0.2, 0.25) is 0 Å². The van der Waals surface area contributed by atoms with E-state index in [1.54, 1.807) is 24.3 Å². The van der Waals surface area contributed by atoms with Gasteiger partial charge in [0, 0.05) is 0 Å². The number of benzene rings is 1. The monoisotopic (exact) mass is 278 g/mol. The lowest BCUT2D eigenvalue weighted by Gasteiger charge is -2.01. The standard InChI is InChI=1S/C8H7IO3/c9-6-11-8(10)12-7-4-2-1-3-5-7/h1-5H,6H2. The minimum atomic E-state index is -0.671. The van der Waals surface area contributed by atoms with E-state index >= 15 is 0 Å². The molecule has 0 fully saturated rings. The third-order valence-electron chi connectivity index (χ3n) is 1.12. The minimum absolute atomic E-state index is 0.295. The number of ether oxygens (including phenoxy) is 2. The Morgan fingerprint density at radius 2 is 2.00 bits per heavy atom. The molecule has 0 aliphatic heterocycles. The van der Waals surface area contributed by atoms with E-state index in [1.807, 2.05) is 28.7 Å². The maximum absolute atomic E-state index is 10.8. The van der Waals surface area contributed by atoms with E-state index in [0.717, 1.165) is 0 Å². The normalized spacial score (nSPS) is 9.08. The van der Waals surface area contributed by atoms with Crippen LogP contribution in [0.1, 0.15) is 0 Å². The van der Waals surface area contributed by atoms with E-state index in [4.69, 9.17) is 4.74 Å². The topological polar surface area (TPSA) is 35.5 Å². The highest BCUT2D eigenvalue weighted by Crippen LogP contribution is 2.09. The smallest absolute Gasteiger partial charge is 0.423 e. The van der Waals surface area contributed by atoms with E-state index in [0.29, 0.717) is 10.4 Å². The Hall–Kier alpha value is -0.780. The molecule has 64 valence electrons.